The average molecular weight is 789 g/mol. The van der Waals surface area contributed by atoms with Gasteiger partial charge in [0.05, 0.1) is 55.0 Å². The molecule has 0 saturated heterocycles. The van der Waals surface area contributed by atoms with E-state index in [0.717, 1.165) is 17.8 Å². The summed E-state index contributed by atoms with van der Waals surface area (Å²) in [6.07, 6.45) is 2.75. The van der Waals surface area contributed by atoms with Gasteiger partial charge < -0.3 is 15.3 Å². The van der Waals surface area contributed by atoms with Crippen molar-refractivity contribution in [2.75, 3.05) is 0 Å². The molecule has 2 aromatic heterocycles. The minimum atomic E-state index is -1.34. The number of carboxylic acid groups (broad SMARTS) is 2. The van der Waals surface area contributed by atoms with Crippen LogP contribution >= 0.6 is 0 Å². The molecule has 0 saturated carbocycles. The number of aromatic hydroxyl groups is 1. The molecule has 0 aliphatic rings. The number of carboxylic acids is 2. The van der Waals surface area contributed by atoms with Crippen molar-refractivity contribution in [1.82, 2.24) is 19.6 Å². The van der Waals surface area contributed by atoms with Crippen molar-refractivity contribution in [3.05, 3.63) is 164 Å². The van der Waals surface area contributed by atoms with Crippen LogP contribution in [0.1, 0.15) is 48.9 Å². The maximum Gasteiger partial charge on any atom is 0.338 e. The van der Waals surface area contributed by atoms with E-state index < -0.39 is 21.8 Å². The molecule has 6 aromatic rings. The molecule has 18 heteroatoms. The molecule has 3 N–H and O–H groups in total. The largest absolute Gasteiger partial charge is 0.493 e. The molecule has 281 valence electrons. The van der Waals surface area contributed by atoms with Gasteiger partial charge in [-0.2, -0.15) is 10.2 Å². The molecule has 1 radical (unpaired) electrons. The number of hydrogen-bond donors (Lipinski definition) is 3. The fraction of sp³-hybridized carbons (Fsp3) is 0.0541. The number of nitro groups is 2. The van der Waals surface area contributed by atoms with Crippen LogP contribution < -0.4 is 0 Å². The van der Waals surface area contributed by atoms with Crippen molar-refractivity contribution in [3.63, 3.8) is 0 Å². The van der Waals surface area contributed by atoms with E-state index in [0.29, 0.717) is 33.9 Å². The topological polar surface area (TPSA) is 241 Å². The van der Waals surface area contributed by atoms with Crippen LogP contribution in [0.4, 0.5) is 22.7 Å². The minimum Gasteiger partial charge on any atom is -0.493 e. The summed E-state index contributed by atoms with van der Waals surface area (Å²) in [5, 5.41) is 59.4. The molecule has 0 amide bonds. The molecular formula is C37H29CoN8O9-. The number of non-ortho nitro benzene ring substituents is 2. The van der Waals surface area contributed by atoms with Gasteiger partial charge in [-0.25, -0.2) is 21.2 Å². The number of carbonyl (C=O) groups is 2. The van der Waals surface area contributed by atoms with Gasteiger partial charge in [0.2, 0.25) is 5.88 Å². The number of benzene rings is 4. The molecule has 0 aliphatic carbocycles. The van der Waals surface area contributed by atoms with E-state index in [1.165, 1.54) is 41.4 Å². The summed E-state index contributed by atoms with van der Waals surface area (Å²) in [4.78, 5) is 51.4. The Bertz CT molecular complexity index is 2290. The first-order chi connectivity index (χ1) is 25.8. The fourth-order valence-electron chi connectivity index (χ4n) is 5.08. The van der Waals surface area contributed by atoms with E-state index in [1.54, 1.807) is 42.8 Å². The van der Waals surface area contributed by atoms with Gasteiger partial charge in [0.1, 0.15) is 0 Å². The fourth-order valence-corrected chi connectivity index (χ4v) is 5.08. The van der Waals surface area contributed by atoms with E-state index in [2.05, 4.69) is 27.1 Å². The van der Waals surface area contributed by atoms with Crippen molar-refractivity contribution in [3.8, 4) is 17.3 Å². The van der Waals surface area contributed by atoms with Gasteiger partial charge >= 0.3 is 11.9 Å². The van der Waals surface area contributed by atoms with Crippen LogP contribution in [0.3, 0.4) is 0 Å². The summed E-state index contributed by atoms with van der Waals surface area (Å²) in [5.41, 5.74) is 3.13. The first kappa shape index (κ1) is 40.3. The Morgan fingerprint density at radius 2 is 1.09 bits per heavy atom. The molecule has 0 aliphatic heterocycles. The van der Waals surface area contributed by atoms with E-state index in [-0.39, 0.29) is 56.5 Å². The number of para-hydroxylation sites is 2. The Labute approximate surface area is 322 Å². The summed E-state index contributed by atoms with van der Waals surface area (Å²) in [6, 6.07) is 25.3. The Hall–Kier alpha value is -7.44. The van der Waals surface area contributed by atoms with Crippen LogP contribution in [0.5, 0.6) is 5.88 Å². The zero-order valence-corrected chi connectivity index (χ0v) is 29.8. The third kappa shape index (κ3) is 9.14. The number of aliphatic imine (C=N–C) groups is 2. The van der Waals surface area contributed by atoms with Gasteiger partial charge in [0.25, 0.3) is 11.4 Å². The maximum atomic E-state index is 11.4. The molecule has 4 aromatic carbocycles. The van der Waals surface area contributed by atoms with Crippen molar-refractivity contribution in [1.29, 1.82) is 0 Å². The van der Waals surface area contributed by atoms with E-state index in [9.17, 15) is 45.1 Å². The number of nitro benzene ring substituents is 2. The molecule has 0 atom stereocenters. The molecule has 55 heavy (non-hydrogen) atoms. The number of aromatic carboxylic acids is 2. The first-order valence-corrected chi connectivity index (χ1v) is 15.7. The zero-order valence-electron chi connectivity index (χ0n) is 28.8. The smallest absolute Gasteiger partial charge is 0.338 e. The number of hydrogen-bond acceptors (Lipinski definition) is 11. The third-order valence-corrected chi connectivity index (χ3v) is 7.80. The van der Waals surface area contributed by atoms with Crippen molar-refractivity contribution in [2.45, 2.75) is 13.8 Å². The standard InChI is InChI=1S/C19H15N4O4.C18H14N4O5.Co/c1-12-17(13(2)22(21-12)14-6-4-3-5-7-14)11-20-18-9-8-15(23(26)27)10-16(18)19(24)25;1-11-15(17(23)21(20-11)12-5-3-2-4-6-12)10-19-16-8-7-13(22(26)27)9-14(16)18(24)25;/h3-11H,2H2,1H3,(H,24,25);2-10,23H,1H3,(H,24,25);/q-1;;. The summed E-state index contributed by atoms with van der Waals surface area (Å²) in [5.74, 6) is -2.79. The van der Waals surface area contributed by atoms with Crippen LogP contribution in [0.2, 0.25) is 0 Å². The first-order valence-electron chi connectivity index (χ1n) is 15.7. The molecule has 17 nitrogen and oxygen atoms in total. The molecule has 6 rings (SSSR count). The summed E-state index contributed by atoms with van der Waals surface area (Å²) >= 11 is 0. The number of aromatic nitrogens is 4. The van der Waals surface area contributed by atoms with Crippen molar-refractivity contribution >= 4 is 47.1 Å². The monoisotopic (exact) mass is 788 g/mol. The van der Waals surface area contributed by atoms with Gasteiger partial charge in [0.15, 0.2) is 0 Å². The van der Waals surface area contributed by atoms with Gasteiger partial charge in [0, 0.05) is 47.3 Å². The molecule has 0 bridgehead atoms. The molecular weight excluding hydrogens is 759 g/mol. The van der Waals surface area contributed by atoms with E-state index in [4.69, 9.17) is 0 Å². The number of nitrogens with zero attached hydrogens (tertiary/aromatic N) is 8. The second-order valence-corrected chi connectivity index (χ2v) is 11.3. The predicted molar refractivity (Wildman–Crippen MR) is 197 cm³/mol. The van der Waals surface area contributed by atoms with Gasteiger partial charge in [-0.3, -0.25) is 34.9 Å². The zero-order chi connectivity index (χ0) is 39.1. The maximum absolute atomic E-state index is 11.4. The second kappa shape index (κ2) is 17.4. The van der Waals surface area contributed by atoms with Crippen LogP contribution in [0.25, 0.3) is 11.4 Å². The van der Waals surface area contributed by atoms with Crippen LogP contribution in [0.15, 0.2) is 107 Å². The Balaban J connectivity index is 0.000000240. The second-order valence-electron chi connectivity index (χ2n) is 11.3. The summed E-state index contributed by atoms with van der Waals surface area (Å²) in [7, 11) is 0. The number of aryl methyl sites for hydroxylation is 2. The third-order valence-electron chi connectivity index (χ3n) is 7.80. The average Bonchev–Trinajstić information content (AvgIpc) is 3.61. The minimum absolute atomic E-state index is 0. The van der Waals surface area contributed by atoms with Crippen molar-refractivity contribution < 1.29 is 51.5 Å². The molecule has 0 fully saturated rings. The molecule has 2 heterocycles. The SMILES string of the molecule is Cc1nn(-c2ccccc2)c(O)c1C=Nc1ccc([N+](=O)[O-])cc1C(=O)O.[CH2-]c1c(C=Nc2ccc([N+](=O)[O-])cc2C(=O)O)c(C)nn1-c1ccccc1.[Co]. The van der Waals surface area contributed by atoms with E-state index in [1.807, 2.05) is 36.4 Å². The summed E-state index contributed by atoms with van der Waals surface area (Å²) in [6.45, 7) is 7.50. The van der Waals surface area contributed by atoms with Crippen LogP contribution in [-0.2, 0) is 16.8 Å². The quantitative estimate of drug-likeness (QED) is 0.0554. The van der Waals surface area contributed by atoms with Crippen molar-refractivity contribution in [2.24, 2.45) is 9.98 Å². The number of rotatable bonds is 10. The van der Waals surface area contributed by atoms with Crippen LogP contribution in [-0.4, -0.2) is 69.1 Å². The van der Waals surface area contributed by atoms with E-state index >= 15 is 0 Å². The predicted octanol–water partition coefficient (Wildman–Crippen LogP) is 6.96. The molecule has 0 unspecified atom stereocenters. The van der Waals surface area contributed by atoms with Crippen LogP contribution in [0, 0.1) is 41.0 Å². The Morgan fingerprint density at radius 1 is 0.691 bits per heavy atom. The summed E-state index contributed by atoms with van der Waals surface area (Å²) < 4.78 is 3.01. The Kier molecular flexibility index (Phi) is 12.7. The van der Waals surface area contributed by atoms with Gasteiger partial charge in [-0.1, -0.05) is 42.1 Å². The van der Waals surface area contributed by atoms with Gasteiger partial charge in [-0.05, 0) is 62.2 Å². The van der Waals surface area contributed by atoms with Gasteiger partial charge in [-0.15, -0.1) is 5.56 Å². The Morgan fingerprint density at radius 3 is 1.53 bits per heavy atom. The normalized spacial score (nSPS) is 10.8. The molecule has 0 spiro atoms.